The summed E-state index contributed by atoms with van der Waals surface area (Å²) in [5.41, 5.74) is 4.08. The number of hydrogen-bond donors (Lipinski definition) is 1. The summed E-state index contributed by atoms with van der Waals surface area (Å²) in [5.74, 6) is 0. The molecule has 0 amide bonds. The summed E-state index contributed by atoms with van der Waals surface area (Å²) < 4.78 is 4.95. The largest absolute Gasteiger partial charge is 0.468 e. The average Bonchev–Trinajstić information content (AvgIpc) is 2.26. The maximum absolute atomic E-state index is 11.4. The minimum absolute atomic E-state index is 0.193. The molecule has 0 radical (unpaired) electrons. The van der Waals surface area contributed by atoms with Crippen molar-refractivity contribution >= 4 is 0 Å². The first-order chi connectivity index (χ1) is 8.56. The van der Waals surface area contributed by atoms with Crippen LogP contribution in [0.4, 0.5) is 0 Å². The molecule has 0 aliphatic rings. The number of H-pyrrole nitrogens is 1. The van der Waals surface area contributed by atoms with Crippen LogP contribution in [0.5, 0.6) is 6.01 Å². The van der Waals surface area contributed by atoms with Crippen LogP contribution in [0.25, 0.3) is 0 Å². The monoisotopic (exact) mass is 244 g/mol. The van der Waals surface area contributed by atoms with E-state index in [-0.39, 0.29) is 11.6 Å². The topological polar surface area (TPSA) is 55.0 Å². The van der Waals surface area contributed by atoms with Gasteiger partial charge in [0.2, 0.25) is 0 Å². The predicted molar refractivity (Wildman–Crippen MR) is 70.1 cm³/mol. The van der Waals surface area contributed by atoms with Crippen LogP contribution in [0, 0.1) is 13.8 Å². The minimum Gasteiger partial charge on any atom is -0.468 e. The molecule has 0 saturated heterocycles. The van der Waals surface area contributed by atoms with Crippen molar-refractivity contribution in [3.8, 4) is 6.01 Å². The van der Waals surface area contributed by atoms with Crippen LogP contribution < -0.4 is 10.3 Å². The molecule has 1 aromatic heterocycles. The van der Waals surface area contributed by atoms with E-state index in [1.54, 1.807) is 0 Å². The van der Waals surface area contributed by atoms with Crippen LogP contribution in [0.15, 0.2) is 29.1 Å². The van der Waals surface area contributed by atoms with Gasteiger partial charge >= 0.3 is 0 Å². The number of aryl methyl sites for hydroxylation is 2. The van der Waals surface area contributed by atoms with Crippen LogP contribution in [0.1, 0.15) is 22.4 Å². The maximum Gasteiger partial charge on any atom is 0.296 e. The third-order valence-electron chi connectivity index (χ3n) is 2.63. The lowest BCUT2D eigenvalue weighted by atomic mass is 10.0. The molecule has 0 unspecified atom stereocenters. The molecular weight excluding hydrogens is 228 g/mol. The Hall–Kier alpha value is -2.10. The third kappa shape index (κ3) is 2.97. The smallest absolute Gasteiger partial charge is 0.296 e. The van der Waals surface area contributed by atoms with Crippen LogP contribution in [0.3, 0.4) is 0 Å². The Balaban J connectivity index is 2.33. The summed E-state index contributed by atoms with van der Waals surface area (Å²) in [6.07, 6.45) is 0.628. The molecular formula is C14H16N2O2. The molecule has 2 rings (SSSR count). The van der Waals surface area contributed by atoms with Crippen molar-refractivity contribution in [2.24, 2.45) is 0 Å². The van der Waals surface area contributed by atoms with Gasteiger partial charge in [-0.15, -0.1) is 0 Å². The second kappa shape index (κ2) is 5.04. The Morgan fingerprint density at radius 2 is 1.83 bits per heavy atom. The van der Waals surface area contributed by atoms with E-state index in [4.69, 9.17) is 4.74 Å². The number of aromatic nitrogens is 2. The lowest BCUT2D eigenvalue weighted by molar-refractivity contribution is 0.377. The van der Waals surface area contributed by atoms with Crippen molar-refractivity contribution in [2.45, 2.75) is 20.3 Å². The van der Waals surface area contributed by atoms with Crippen LogP contribution in [0.2, 0.25) is 0 Å². The number of benzene rings is 1. The van der Waals surface area contributed by atoms with Gasteiger partial charge in [-0.2, -0.15) is 0 Å². The van der Waals surface area contributed by atoms with Crippen molar-refractivity contribution in [2.75, 3.05) is 7.11 Å². The van der Waals surface area contributed by atoms with E-state index >= 15 is 0 Å². The molecule has 0 bridgehead atoms. The zero-order chi connectivity index (χ0) is 13.1. The Labute approximate surface area is 106 Å². The Bertz CT molecular complexity index is 597. The zero-order valence-electron chi connectivity index (χ0n) is 10.8. The van der Waals surface area contributed by atoms with E-state index in [0.29, 0.717) is 12.1 Å². The van der Waals surface area contributed by atoms with Crippen molar-refractivity contribution < 1.29 is 4.74 Å². The van der Waals surface area contributed by atoms with Crippen molar-refractivity contribution in [3.63, 3.8) is 0 Å². The molecule has 4 nitrogen and oxygen atoms in total. The maximum atomic E-state index is 11.4. The minimum atomic E-state index is -0.193. The molecule has 2 aromatic rings. The summed E-state index contributed by atoms with van der Waals surface area (Å²) >= 11 is 0. The second-order valence-electron chi connectivity index (χ2n) is 4.42. The normalized spacial score (nSPS) is 10.4. The van der Waals surface area contributed by atoms with Crippen molar-refractivity contribution in [1.29, 1.82) is 0 Å². The average molecular weight is 244 g/mol. The van der Waals surface area contributed by atoms with Gasteiger partial charge in [0.15, 0.2) is 0 Å². The van der Waals surface area contributed by atoms with Gasteiger partial charge < -0.3 is 4.74 Å². The number of methoxy groups -OCH3 is 1. The highest BCUT2D eigenvalue weighted by Crippen LogP contribution is 2.12. The molecule has 4 heteroatoms. The highest BCUT2D eigenvalue weighted by molar-refractivity contribution is 5.31. The van der Waals surface area contributed by atoms with Crippen molar-refractivity contribution in [1.82, 2.24) is 9.97 Å². The molecule has 18 heavy (non-hydrogen) atoms. The van der Waals surface area contributed by atoms with E-state index in [1.807, 2.05) is 0 Å². The molecule has 94 valence electrons. The van der Waals surface area contributed by atoms with Gasteiger partial charge in [0.1, 0.15) is 0 Å². The first-order valence-electron chi connectivity index (χ1n) is 5.78. The van der Waals surface area contributed by atoms with E-state index in [9.17, 15) is 4.79 Å². The van der Waals surface area contributed by atoms with Gasteiger partial charge in [-0.25, -0.2) is 4.98 Å². The summed E-state index contributed by atoms with van der Waals surface area (Å²) in [4.78, 5) is 18.2. The van der Waals surface area contributed by atoms with E-state index in [0.717, 1.165) is 5.56 Å². The summed E-state index contributed by atoms with van der Waals surface area (Å²) in [6, 6.07) is 8.07. The van der Waals surface area contributed by atoms with Crippen LogP contribution >= 0.6 is 0 Å². The highest BCUT2D eigenvalue weighted by atomic mass is 16.5. The van der Waals surface area contributed by atoms with Gasteiger partial charge in [0.05, 0.1) is 12.8 Å². The van der Waals surface area contributed by atoms with Crippen LogP contribution in [-0.2, 0) is 6.42 Å². The number of nitrogens with one attached hydrogen (secondary N) is 1. The van der Waals surface area contributed by atoms with Gasteiger partial charge in [-0.1, -0.05) is 29.3 Å². The SMILES string of the molecule is COc1nc(Cc2cc(C)cc(C)c2)cc(=O)[nH]1. The van der Waals surface area contributed by atoms with E-state index in [2.05, 4.69) is 42.0 Å². The highest BCUT2D eigenvalue weighted by Gasteiger charge is 2.03. The lowest BCUT2D eigenvalue weighted by Gasteiger charge is -2.05. The molecule has 1 N–H and O–H groups in total. The van der Waals surface area contributed by atoms with Crippen molar-refractivity contribution in [3.05, 3.63) is 57.0 Å². The number of hydrogen-bond acceptors (Lipinski definition) is 3. The number of ether oxygens (including phenoxy) is 1. The fraction of sp³-hybridized carbons (Fsp3) is 0.286. The molecule has 0 saturated carbocycles. The summed E-state index contributed by atoms with van der Waals surface area (Å²) in [6.45, 7) is 4.12. The van der Waals surface area contributed by atoms with Crippen LogP contribution in [-0.4, -0.2) is 17.1 Å². The van der Waals surface area contributed by atoms with Gasteiger partial charge in [-0.3, -0.25) is 9.78 Å². The molecule has 0 aliphatic carbocycles. The van der Waals surface area contributed by atoms with E-state index < -0.39 is 0 Å². The first-order valence-corrected chi connectivity index (χ1v) is 5.78. The number of rotatable bonds is 3. The first kappa shape index (κ1) is 12.4. The predicted octanol–water partition coefficient (Wildman–Crippen LogP) is 1.99. The Morgan fingerprint density at radius 1 is 1.17 bits per heavy atom. The molecule has 1 heterocycles. The molecule has 0 aliphatic heterocycles. The lowest BCUT2D eigenvalue weighted by Crippen LogP contribution is -2.10. The standard InChI is InChI=1S/C14H16N2O2/c1-9-4-10(2)6-11(5-9)7-12-8-13(17)16-14(15-12)18-3/h4-6,8H,7H2,1-3H3,(H,15,16,17). The Kier molecular flexibility index (Phi) is 3.46. The Morgan fingerprint density at radius 3 is 2.44 bits per heavy atom. The molecule has 0 fully saturated rings. The van der Waals surface area contributed by atoms with Gasteiger partial charge in [0, 0.05) is 12.5 Å². The summed E-state index contributed by atoms with van der Waals surface area (Å²) in [7, 11) is 1.48. The quantitative estimate of drug-likeness (QED) is 0.898. The molecule has 1 aromatic carbocycles. The molecule has 0 spiro atoms. The molecule has 0 atom stereocenters. The number of nitrogens with zero attached hydrogens (tertiary/aromatic N) is 1. The zero-order valence-corrected chi connectivity index (χ0v) is 10.8. The fourth-order valence-electron chi connectivity index (χ4n) is 2.05. The number of aromatic amines is 1. The third-order valence-corrected chi connectivity index (χ3v) is 2.63. The van der Waals surface area contributed by atoms with Gasteiger partial charge in [-0.05, 0) is 19.4 Å². The fourth-order valence-corrected chi connectivity index (χ4v) is 2.05. The van der Waals surface area contributed by atoms with E-state index in [1.165, 1.54) is 24.3 Å². The summed E-state index contributed by atoms with van der Waals surface area (Å²) in [5, 5.41) is 0. The second-order valence-corrected chi connectivity index (χ2v) is 4.42. The van der Waals surface area contributed by atoms with Gasteiger partial charge in [0.25, 0.3) is 11.6 Å².